The van der Waals surface area contributed by atoms with Crippen molar-refractivity contribution in [2.24, 2.45) is 0 Å². The van der Waals surface area contributed by atoms with Gasteiger partial charge in [0, 0.05) is 19.3 Å². The number of Topliss-reactive ketones (excluding diaryl/α,β-unsaturated/α-hetero) is 2. The SMILES string of the molecule is CCCCCC(=O)CC[C@]1(C(=O)OC)Oc2ccccc2C1=O. The third-order valence-corrected chi connectivity index (χ3v) is 4.11. The van der Waals surface area contributed by atoms with Gasteiger partial charge in [-0.25, -0.2) is 4.79 Å². The van der Waals surface area contributed by atoms with E-state index in [0.717, 1.165) is 19.3 Å². The smallest absolute Gasteiger partial charge is 0.358 e. The molecule has 0 saturated heterocycles. The van der Waals surface area contributed by atoms with Gasteiger partial charge < -0.3 is 9.47 Å². The van der Waals surface area contributed by atoms with Crippen molar-refractivity contribution in [3.8, 4) is 5.75 Å². The minimum absolute atomic E-state index is 0.0120. The highest BCUT2D eigenvalue weighted by Gasteiger charge is 2.55. The number of ketones is 2. The molecule has 2 rings (SSSR count). The van der Waals surface area contributed by atoms with E-state index in [1.54, 1.807) is 24.3 Å². The molecule has 1 atom stereocenters. The van der Waals surface area contributed by atoms with E-state index in [1.807, 2.05) is 0 Å². The average Bonchev–Trinajstić information content (AvgIpc) is 2.86. The molecule has 23 heavy (non-hydrogen) atoms. The summed E-state index contributed by atoms with van der Waals surface area (Å²) in [6.45, 7) is 2.07. The number of benzene rings is 1. The highest BCUT2D eigenvalue weighted by molar-refractivity contribution is 6.19. The van der Waals surface area contributed by atoms with E-state index in [9.17, 15) is 14.4 Å². The van der Waals surface area contributed by atoms with Crippen molar-refractivity contribution in [1.82, 2.24) is 0 Å². The number of carbonyl (C=O) groups is 3. The van der Waals surface area contributed by atoms with Crippen molar-refractivity contribution >= 4 is 17.5 Å². The van der Waals surface area contributed by atoms with Gasteiger partial charge in [-0.15, -0.1) is 0 Å². The molecule has 1 heterocycles. The number of unbranched alkanes of at least 4 members (excludes halogenated alkanes) is 2. The topological polar surface area (TPSA) is 69.7 Å². The van der Waals surface area contributed by atoms with Gasteiger partial charge in [0.2, 0.25) is 5.78 Å². The van der Waals surface area contributed by atoms with Crippen LogP contribution in [0.2, 0.25) is 0 Å². The van der Waals surface area contributed by atoms with Crippen LogP contribution in [0.5, 0.6) is 5.75 Å². The van der Waals surface area contributed by atoms with E-state index in [2.05, 4.69) is 6.92 Å². The van der Waals surface area contributed by atoms with Crippen LogP contribution in [0.25, 0.3) is 0 Å². The molecule has 0 radical (unpaired) electrons. The van der Waals surface area contributed by atoms with Gasteiger partial charge in [-0.3, -0.25) is 9.59 Å². The Morgan fingerprint density at radius 2 is 1.91 bits per heavy atom. The maximum atomic E-state index is 12.7. The number of esters is 1. The number of carbonyl (C=O) groups excluding carboxylic acids is 3. The molecule has 0 saturated carbocycles. The van der Waals surface area contributed by atoms with Gasteiger partial charge in [0.05, 0.1) is 12.7 Å². The molecule has 1 aliphatic rings. The molecule has 0 fully saturated rings. The summed E-state index contributed by atoms with van der Waals surface area (Å²) in [7, 11) is 1.22. The van der Waals surface area contributed by atoms with Crippen LogP contribution in [0.15, 0.2) is 24.3 Å². The van der Waals surface area contributed by atoms with E-state index in [0.29, 0.717) is 17.7 Å². The number of fused-ring (bicyclic) bond motifs is 1. The van der Waals surface area contributed by atoms with Crippen LogP contribution in [-0.4, -0.2) is 30.2 Å². The summed E-state index contributed by atoms with van der Waals surface area (Å²) in [5.74, 6) is -0.781. The van der Waals surface area contributed by atoms with Gasteiger partial charge in [-0.05, 0) is 18.6 Å². The van der Waals surface area contributed by atoms with Crippen molar-refractivity contribution in [1.29, 1.82) is 0 Å². The summed E-state index contributed by atoms with van der Waals surface area (Å²) in [6.07, 6.45) is 3.46. The number of hydrogen-bond acceptors (Lipinski definition) is 5. The summed E-state index contributed by atoms with van der Waals surface area (Å²) in [5.41, 5.74) is -1.37. The zero-order valence-electron chi connectivity index (χ0n) is 13.6. The first kappa shape index (κ1) is 17.2. The monoisotopic (exact) mass is 318 g/mol. The van der Waals surface area contributed by atoms with Crippen molar-refractivity contribution in [3.63, 3.8) is 0 Å². The second-order valence-electron chi connectivity index (χ2n) is 5.74. The van der Waals surface area contributed by atoms with Gasteiger partial charge >= 0.3 is 5.97 Å². The first-order valence-corrected chi connectivity index (χ1v) is 7.98. The molecule has 5 heteroatoms. The lowest BCUT2D eigenvalue weighted by atomic mass is 9.89. The third kappa shape index (κ3) is 3.44. The van der Waals surface area contributed by atoms with Crippen molar-refractivity contribution in [2.75, 3.05) is 7.11 Å². The Bertz CT molecular complexity index is 607. The Morgan fingerprint density at radius 1 is 1.17 bits per heavy atom. The van der Waals surface area contributed by atoms with Gasteiger partial charge in [-0.2, -0.15) is 0 Å². The van der Waals surface area contributed by atoms with Crippen LogP contribution in [0, 0.1) is 0 Å². The molecule has 0 aromatic heterocycles. The van der Waals surface area contributed by atoms with Gasteiger partial charge in [0.25, 0.3) is 5.60 Å². The molecule has 0 aliphatic carbocycles. The van der Waals surface area contributed by atoms with Gasteiger partial charge in [0.15, 0.2) is 0 Å². The largest absolute Gasteiger partial charge is 0.466 e. The lowest BCUT2D eigenvalue weighted by Gasteiger charge is -2.23. The summed E-state index contributed by atoms with van der Waals surface area (Å²) < 4.78 is 10.4. The molecule has 124 valence electrons. The quantitative estimate of drug-likeness (QED) is 0.418. The van der Waals surface area contributed by atoms with Crippen LogP contribution in [-0.2, 0) is 14.3 Å². The maximum absolute atomic E-state index is 12.7. The molecule has 1 aliphatic heterocycles. The number of rotatable bonds is 8. The number of ether oxygens (including phenoxy) is 2. The van der Waals surface area contributed by atoms with Crippen LogP contribution in [0.4, 0.5) is 0 Å². The fourth-order valence-electron chi connectivity index (χ4n) is 2.77. The van der Waals surface area contributed by atoms with Crippen LogP contribution in [0.1, 0.15) is 55.8 Å². The normalized spacial score (nSPS) is 19.1. The average molecular weight is 318 g/mol. The Morgan fingerprint density at radius 3 is 2.57 bits per heavy atom. The minimum Gasteiger partial charge on any atom is -0.466 e. The van der Waals surface area contributed by atoms with Gasteiger partial charge in [0.1, 0.15) is 11.5 Å². The summed E-state index contributed by atoms with van der Waals surface area (Å²) in [6, 6.07) is 6.70. The molecule has 0 unspecified atom stereocenters. The van der Waals surface area contributed by atoms with Crippen molar-refractivity contribution in [3.05, 3.63) is 29.8 Å². The predicted octanol–water partition coefficient (Wildman–Crippen LogP) is 3.10. The summed E-state index contributed by atoms with van der Waals surface area (Å²) in [5, 5.41) is 0. The van der Waals surface area contributed by atoms with E-state index < -0.39 is 17.4 Å². The Kier molecular flexibility index (Phi) is 5.53. The van der Waals surface area contributed by atoms with Crippen molar-refractivity contribution < 1.29 is 23.9 Å². The predicted molar refractivity (Wildman–Crippen MR) is 84.5 cm³/mol. The molecule has 1 aromatic rings. The van der Waals surface area contributed by atoms with E-state index in [1.165, 1.54) is 7.11 Å². The Labute approximate surface area is 136 Å². The molecule has 0 N–H and O–H groups in total. The fraction of sp³-hybridized carbons (Fsp3) is 0.500. The first-order chi connectivity index (χ1) is 11.0. The van der Waals surface area contributed by atoms with E-state index in [4.69, 9.17) is 9.47 Å². The number of methoxy groups -OCH3 is 1. The molecule has 0 amide bonds. The molecule has 0 bridgehead atoms. The zero-order valence-corrected chi connectivity index (χ0v) is 13.6. The Hall–Kier alpha value is -2.17. The highest BCUT2D eigenvalue weighted by atomic mass is 16.6. The van der Waals surface area contributed by atoms with Crippen molar-refractivity contribution in [2.45, 2.75) is 51.0 Å². The first-order valence-electron chi connectivity index (χ1n) is 7.98. The Balaban J connectivity index is 2.12. The lowest BCUT2D eigenvalue weighted by molar-refractivity contribution is -0.154. The highest BCUT2D eigenvalue weighted by Crippen LogP contribution is 2.38. The second kappa shape index (κ2) is 7.40. The molecule has 1 aromatic carbocycles. The maximum Gasteiger partial charge on any atom is 0.358 e. The standard InChI is InChI=1S/C18H22O5/c1-3-4-5-8-13(19)11-12-18(17(21)22-2)16(20)14-9-6-7-10-15(14)23-18/h6-7,9-10H,3-5,8,11-12H2,1-2H3/t18-/m0/s1. The zero-order chi connectivity index (χ0) is 16.9. The summed E-state index contributed by atoms with van der Waals surface area (Å²) >= 11 is 0. The second-order valence-corrected chi connectivity index (χ2v) is 5.74. The number of hydrogen-bond donors (Lipinski definition) is 0. The van der Waals surface area contributed by atoms with Crippen LogP contribution < -0.4 is 4.74 Å². The van der Waals surface area contributed by atoms with E-state index >= 15 is 0 Å². The lowest BCUT2D eigenvalue weighted by Crippen LogP contribution is -2.49. The van der Waals surface area contributed by atoms with Crippen LogP contribution >= 0.6 is 0 Å². The molecular weight excluding hydrogens is 296 g/mol. The fourth-order valence-corrected chi connectivity index (χ4v) is 2.77. The van der Waals surface area contributed by atoms with Crippen LogP contribution in [0.3, 0.4) is 0 Å². The number of para-hydroxylation sites is 1. The molecule has 5 nitrogen and oxygen atoms in total. The molecular formula is C18H22O5. The molecule has 0 spiro atoms. The van der Waals surface area contributed by atoms with E-state index in [-0.39, 0.29) is 18.6 Å². The van der Waals surface area contributed by atoms with Gasteiger partial charge in [-0.1, -0.05) is 31.9 Å². The summed E-state index contributed by atoms with van der Waals surface area (Å²) in [4.78, 5) is 36.9. The third-order valence-electron chi connectivity index (χ3n) is 4.11. The minimum atomic E-state index is -1.72.